The molecule has 0 saturated carbocycles. The minimum Gasteiger partial charge on any atom is -0.486 e. The number of fused-ring (bicyclic) bond motifs is 1. The SMILES string of the molecule is CNCCNCc1c(C)nc(COc2nccc(-c3ccc4c(c3)OCCO4)c2C#N)n1CCO. The lowest BCUT2D eigenvalue weighted by atomic mass is 10.0. The van der Waals surface area contributed by atoms with Crippen LogP contribution in [0.4, 0.5) is 0 Å². The molecule has 0 radical (unpaired) electrons. The molecule has 0 saturated heterocycles. The molecule has 3 N–H and O–H groups in total. The van der Waals surface area contributed by atoms with E-state index in [1.165, 1.54) is 0 Å². The largest absolute Gasteiger partial charge is 0.486 e. The maximum absolute atomic E-state index is 9.93. The Morgan fingerprint density at radius 3 is 2.80 bits per heavy atom. The van der Waals surface area contributed by atoms with Gasteiger partial charge >= 0.3 is 0 Å². The van der Waals surface area contributed by atoms with Crippen LogP contribution >= 0.6 is 0 Å². The van der Waals surface area contributed by atoms with Crippen LogP contribution in [0.5, 0.6) is 17.4 Å². The fraction of sp³-hybridized carbons (Fsp3) is 0.400. The summed E-state index contributed by atoms with van der Waals surface area (Å²) in [6.45, 7) is 5.73. The molecule has 10 nitrogen and oxygen atoms in total. The Labute approximate surface area is 204 Å². The highest BCUT2D eigenvalue weighted by Gasteiger charge is 2.19. The van der Waals surface area contributed by atoms with Gasteiger partial charge in [-0.15, -0.1) is 0 Å². The third-order valence-electron chi connectivity index (χ3n) is 5.74. The van der Waals surface area contributed by atoms with E-state index in [0.29, 0.717) is 54.8 Å². The van der Waals surface area contributed by atoms with Crippen LogP contribution in [0, 0.1) is 18.3 Å². The van der Waals surface area contributed by atoms with E-state index in [1.54, 1.807) is 12.3 Å². The van der Waals surface area contributed by atoms with E-state index in [0.717, 1.165) is 30.0 Å². The lowest BCUT2D eigenvalue weighted by molar-refractivity contribution is 0.171. The zero-order valence-corrected chi connectivity index (χ0v) is 20.0. The van der Waals surface area contributed by atoms with Crippen LogP contribution in [0.15, 0.2) is 30.5 Å². The third kappa shape index (κ3) is 5.54. The molecule has 0 unspecified atom stereocenters. The van der Waals surface area contributed by atoms with E-state index < -0.39 is 0 Å². The quantitative estimate of drug-likeness (QED) is 0.354. The van der Waals surface area contributed by atoms with E-state index in [9.17, 15) is 10.4 Å². The van der Waals surface area contributed by atoms with Crippen molar-refractivity contribution < 1.29 is 19.3 Å². The summed E-state index contributed by atoms with van der Waals surface area (Å²) in [4.78, 5) is 8.96. The average Bonchev–Trinajstić information content (AvgIpc) is 3.18. The van der Waals surface area contributed by atoms with Crippen molar-refractivity contribution in [3.05, 3.63) is 53.2 Å². The molecular weight excluding hydrogens is 448 g/mol. The summed E-state index contributed by atoms with van der Waals surface area (Å²) in [5.41, 5.74) is 3.69. The van der Waals surface area contributed by atoms with Crippen LogP contribution in [0.1, 0.15) is 22.8 Å². The summed E-state index contributed by atoms with van der Waals surface area (Å²) in [5.74, 6) is 2.22. The van der Waals surface area contributed by atoms with Crippen LogP contribution in [0.3, 0.4) is 0 Å². The normalized spacial score (nSPS) is 12.4. The molecule has 0 bridgehead atoms. The summed E-state index contributed by atoms with van der Waals surface area (Å²) in [7, 11) is 1.91. The van der Waals surface area contributed by atoms with Crippen molar-refractivity contribution in [3.63, 3.8) is 0 Å². The van der Waals surface area contributed by atoms with Gasteiger partial charge in [-0.2, -0.15) is 5.26 Å². The number of hydrogen-bond donors (Lipinski definition) is 3. The predicted octanol–water partition coefficient (Wildman–Crippen LogP) is 1.78. The van der Waals surface area contributed by atoms with Gasteiger partial charge in [0.25, 0.3) is 0 Å². The second-order valence-electron chi connectivity index (χ2n) is 8.01. The second kappa shape index (κ2) is 11.7. The van der Waals surface area contributed by atoms with Gasteiger partial charge in [0.05, 0.1) is 18.0 Å². The number of aliphatic hydroxyl groups excluding tert-OH is 1. The Kier molecular flexibility index (Phi) is 8.15. The molecule has 2 aromatic heterocycles. The monoisotopic (exact) mass is 478 g/mol. The van der Waals surface area contributed by atoms with Crippen LogP contribution in [-0.4, -0.2) is 59.6 Å². The number of aryl methyl sites for hydroxylation is 1. The van der Waals surface area contributed by atoms with Gasteiger partial charge in [-0.25, -0.2) is 9.97 Å². The van der Waals surface area contributed by atoms with Crippen molar-refractivity contribution in [1.29, 1.82) is 5.26 Å². The molecule has 0 aliphatic carbocycles. The number of likely N-dealkylation sites (N-methyl/N-ethyl adjacent to an activating group) is 1. The topological polar surface area (TPSA) is 126 Å². The molecule has 184 valence electrons. The van der Waals surface area contributed by atoms with Gasteiger partial charge in [-0.1, -0.05) is 6.07 Å². The van der Waals surface area contributed by atoms with Gasteiger partial charge < -0.3 is 34.5 Å². The van der Waals surface area contributed by atoms with Gasteiger partial charge in [0.2, 0.25) is 5.88 Å². The molecule has 3 heterocycles. The van der Waals surface area contributed by atoms with E-state index in [4.69, 9.17) is 14.2 Å². The van der Waals surface area contributed by atoms with Gasteiger partial charge in [0, 0.05) is 37.9 Å². The van der Waals surface area contributed by atoms with Crippen LogP contribution in [0.2, 0.25) is 0 Å². The van der Waals surface area contributed by atoms with Crippen molar-refractivity contribution in [1.82, 2.24) is 25.2 Å². The number of ether oxygens (including phenoxy) is 3. The smallest absolute Gasteiger partial charge is 0.232 e. The Hall–Kier alpha value is -3.65. The molecule has 1 aromatic carbocycles. The summed E-state index contributed by atoms with van der Waals surface area (Å²) in [6, 6.07) is 9.60. The average molecular weight is 479 g/mol. The van der Waals surface area contributed by atoms with Crippen molar-refractivity contribution in [2.45, 2.75) is 26.6 Å². The summed E-state index contributed by atoms with van der Waals surface area (Å²) < 4.78 is 19.2. The van der Waals surface area contributed by atoms with Gasteiger partial charge in [-0.3, -0.25) is 0 Å². The Balaban J connectivity index is 1.56. The van der Waals surface area contributed by atoms with Crippen LogP contribution < -0.4 is 24.8 Å². The number of aliphatic hydroxyl groups is 1. The standard InChI is InChI=1S/C25H30N6O4/c1-17-21(15-28-8-7-27-2)31(9-10-32)24(30-17)16-35-25-20(14-26)19(5-6-29-25)18-3-4-22-23(13-18)34-12-11-33-22/h3-6,13,27-28,32H,7-12,15-16H2,1-2H3. The highest BCUT2D eigenvalue weighted by molar-refractivity contribution is 5.74. The molecular formula is C25H30N6O4. The highest BCUT2D eigenvalue weighted by Crippen LogP contribution is 2.37. The first kappa shape index (κ1) is 24.5. The summed E-state index contributed by atoms with van der Waals surface area (Å²) in [5, 5.41) is 26.0. The van der Waals surface area contributed by atoms with E-state index in [2.05, 4.69) is 26.7 Å². The van der Waals surface area contributed by atoms with Crippen LogP contribution in [-0.2, 0) is 19.7 Å². The van der Waals surface area contributed by atoms with Gasteiger partial charge in [-0.05, 0) is 37.7 Å². The van der Waals surface area contributed by atoms with E-state index in [1.807, 2.05) is 36.7 Å². The first-order valence-corrected chi connectivity index (χ1v) is 11.6. The molecule has 4 rings (SSSR count). The number of rotatable bonds is 11. The second-order valence-corrected chi connectivity index (χ2v) is 8.01. The fourth-order valence-electron chi connectivity index (χ4n) is 4.03. The predicted molar refractivity (Wildman–Crippen MR) is 129 cm³/mol. The Bertz CT molecular complexity index is 1200. The highest BCUT2D eigenvalue weighted by atomic mass is 16.6. The van der Waals surface area contributed by atoms with Crippen molar-refractivity contribution >= 4 is 0 Å². The Morgan fingerprint density at radius 2 is 2.03 bits per heavy atom. The number of aromatic nitrogens is 3. The summed E-state index contributed by atoms with van der Waals surface area (Å²) >= 11 is 0. The molecule has 0 spiro atoms. The molecule has 3 aromatic rings. The Morgan fingerprint density at radius 1 is 1.20 bits per heavy atom. The van der Waals surface area contributed by atoms with E-state index >= 15 is 0 Å². The molecule has 35 heavy (non-hydrogen) atoms. The number of nitriles is 1. The minimum atomic E-state index is -0.0202. The molecule has 0 atom stereocenters. The third-order valence-corrected chi connectivity index (χ3v) is 5.74. The number of benzene rings is 1. The van der Waals surface area contributed by atoms with Crippen LogP contribution in [0.25, 0.3) is 11.1 Å². The molecule has 0 amide bonds. The number of imidazole rings is 1. The van der Waals surface area contributed by atoms with Crippen molar-refractivity contribution in [2.75, 3.05) is 40.0 Å². The molecule has 1 aliphatic heterocycles. The number of pyridine rings is 1. The number of hydrogen-bond acceptors (Lipinski definition) is 9. The number of nitrogens with one attached hydrogen (secondary N) is 2. The maximum atomic E-state index is 9.93. The van der Waals surface area contributed by atoms with Gasteiger partial charge in [0.15, 0.2) is 11.5 Å². The first-order chi connectivity index (χ1) is 17.2. The molecule has 0 fully saturated rings. The van der Waals surface area contributed by atoms with Gasteiger partial charge in [0.1, 0.15) is 37.3 Å². The first-order valence-electron chi connectivity index (χ1n) is 11.6. The zero-order chi connectivity index (χ0) is 24.6. The fourth-order valence-corrected chi connectivity index (χ4v) is 4.03. The lowest BCUT2D eigenvalue weighted by Crippen LogP contribution is -2.26. The zero-order valence-electron chi connectivity index (χ0n) is 20.0. The van der Waals surface area contributed by atoms with E-state index in [-0.39, 0.29) is 19.1 Å². The lowest BCUT2D eigenvalue weighted by Gasteiger charge is -2.19. The number of nitrogens with zero attached hydrogens (tertiary/aromatic N) is 4. The molecule has 1 aliphatic rings. The van der Waals surface area contributed by atoms with Crippen molar-refractivity contribution in [2.24, 2.45) is 0 Å². The minimum absolute atomic E-state index is 0.0202. The summed E-state index contributed by atoms with van der Waals surface area (Å²) in [6.07, 6.45) is 1.62. The van der Waals surface area contributed by atoms with Crippen molar-refractivity contribution in [3.8, 4) is 34.6 Å². The molecule has 10 heteroatoms. The maximum Gasteiger partial charge on any atom is 0.232 e.